The maximum atomic E-state index is 11.8. The molecule has 2 heterocycles. The van der Waals surface area contributed by atoms with E-state index >= 15 is 0 Å². The molecule has 35 heavy (non-hydrogen) atoms. The minimum Gasteiger partial charge on any atom is -0.456 e. The van der Waals surface area contributed by atoms with Crippen LogP contribution in [0.2, 0.25) is 0 Å². The van der Waals surface area contributed by atoms with Gasteiger partial charge in [-0.05, 0) is 0 Å². The van der Waals surface area contributed by atoms with Gasteiger partial charge in [0.15, 0.2) is 43.1 Å². The molecule has 0 aromatic heterocycles. The van der Waals surface area contributed by atoms with Crippen LogP contribution in [0.15, 0.2) is 0 Å². The molecule has 0 aliphatic carbocycles. The second-order valence-corrected chi connectivity index (χ2v) is 7.76. The van der Waals surface area contributed by atoms with Gasteiger partial charge in [-0.2, -0.15) is 0 Å². The fraction of sp³-hybridized carbons (Fsp3) is 0.762. The van der Waals surface area contributed by atoms with E-state index in [2.05, 4.69) is 0 Å². The predicted molar refractivity (Wildman–Crippen MR) is 109 cm³/mol. The van der Waals surface area contributed by atoms with E-state index in [1.54, 1.807) is 0 Å². The van der Waals surface area contributed by atoms with Crippen LogP contribution in [0, 0.1) is 0 Å². The van der Waals surface area contributed by atoms with Gasteiger partial charge in [-0.15, -0.1) is 0 Å². The van der Waals surface area contributed by atoms with Crippen LogP contribution in [-0.4, -0.2) is 99.4 Å². The summed E-state index contributed by atoms with van der Waals surface area (Å²) in [5, 5.41) is 0. The summed E-state index contributed by atoms with van der Waals surface area (Å²) in [6, 6.07) is 0. The van der Waals surface area contributed by atoms with Crippen molar-refractivity contribution in [2.24, 2.45) is 0 Å². The summed E-state index contributed by atoms with van der Waals surface area (Å²) in [6.07, 6.45) is -9.68. The fourth-order valence-electron chi connectivity index (χ4n) is 3.71. The first-order chi connectivity index (χ1) is 16.4. The van der Waals surface area contributed by atoms with Crippen molar-refractivity contribution in [2.45, 2.75) is 83.8 Å². The molecule has 2 aliphatic heterocycles. The van der Waals surface area contributed by atoms with Gasteiger partial charge in [-0.25, -0.2) is 0 Å². The third kappa shape index (κ3) is 8.13. The van der Waals surface area contributed by atoms with E-state index in [1.807, 2.05) is 0 Å². The smallest absolute Gasteiger partial charge is 0.303 e. The summed E-state index contributed by atoms with van der Waals surface area (Å²) in [6.45, 7) is 5.22. The van der Waals surface area contributed by atoms with Crippen molar-refractivity contribution >= 4 is 29.8 Å². The van der Waals surface area contributed by atoms with E-state index in [0.29, 0.717) is 0 Å². The highest BCUT2D eigenvalue weighted by molar-refractivity contribution is 5.68. The molecule has 2 saturated heterocycles. The number of rotatable bonds is 8. The van der Waals surface area contributed by atoms with E-state index < -0.39 is 79.1 Å². The Kier molecular flexibility index (Phi) is 10.4. The van der Waals surface area contributed by atoms with E-state index in [1.165, 1.54) is 7.11 Å². The summed E-state index contributed by atoms with van der Waals surface area (Å²) in [7, 11) is 1.31. The van der Waals surface area contributed by atoms with Crippen molar-refractivity contribution < 1.29 is 66.6 Å². The van der Waals surface area contributed by atoms with Gasteiger partial charge in [-0.1, -0.05) is 0 Å². The van der Waals surface area contributed by atoms with Gasteiger partial charge >= 0.3 is 29.8 Å². The molecular weight excluding hydrogens is 476 g/mol. The molecule has 0 saturated carbocycles. The third-order valence-corrected chi connectivity index (χ3v) is 4.83. The Labute approximate surface area is 201 Å². The highest BCUT2D eigenvalue weighted by Crippen LogP contribution is 2.30. The van der Waals surface area contributed by atoms with Gasteiger partial charge in [0.2, 0.25) is 0 Å². The summed E-state index contributed by atoms with van der Waals surface area (Å²) < 4.78 is 48.7. The van der Waals surface area contributed by atoms with Crippen LogP contribution in [-0.2, 0) is 66.6 Å². The number of esters is 5. The fourth-order valence-corrected chi connectivity index (χ4v) is 3.71. The molecule has 0 amide bonds. The standard InChI is InChI=1S/C21H30O14/c1-9(22)30-14-7-29-21(19(34-13(5)26)16(14)31-10(2)23)35-15-8-28-20(27-6)18(33-12(4)25)17(15)32-11(3)24/h14-21H,7-8H2,1-6H3/t14-,15-,16+,17+,18-,19-,20-,21+/m0/s1. The van der Waals surface area contributed by atoms with Crippen LogP contribution in [0.4, 0.5) is 0 Å². The molecular formula is C21H30O14. The Morgan fingerprint density at radius 2 is 0.914 bits per heavy atom. The van der Waals surface area contributed by atoms with Crippen LogP contribution < -0.4 is 0 Å². The Bertz CT molecular complexity index is 797. The normalized spacial score (nSPS) is 32.6. The first-order valence-corrected chi connectivity index (χ1v) is 10.7. The van der Waals surface area contributed by atoms with Gasteiger partial charge in [0.05, 0.1) is 13.2 Å². The molecule has 198 valence electrons. The van der Waals surface area contributed by atoms with E-state index in [4.69, 9.17) is 42.6 Å². The van der Waals surface area contributed by atoms with Gasteiger partial charge in [0.1, 0.15) is 6.10 Å². The molecule has 14 heteroatoms. The molecule has 2 rings (SSSR count). The van der Waals surface area contributed by atoms with E-state index in [-0.39, 0.29) is 13.2 Å². The molecule has 0 unspecified atom stereocenters. The van der Waals surface area contributed by atoms with Crippen molar-refractivity contribution in [3.63, 3.8) is 0 Å². The Morgan fingerprint density at radius 3 is 1.37 bits per heavy atom. The van der Waals surface area contributed by atoms with E-state index in [9.17, 15) is 24.0 Å². The van der Waals surface area contributed by atoms with Crippen LogP contribution in [0.5, 0.6) is 0 Å². The number of carbonyl (C=O) groups excluding carboxylic acids is 5. The van der Waals surface area contributed by atoms with Gasteiger partial charge < -0.3 is 42.6 Å². The zero-order valence-corrected chi connectivity index (χ0v) is 20.2. The van der Waals surface area contributed by atoms with Crippen molar-refractivity contribution in [1.82, 2.24) is 0 Å². The molecule has 0 spiro atoms. The van der Waals surface area contributed by atoms with Crippen LogP contribution >= 0.6 is 0 Å². The van der Waals surface area contributed by atoms with Crippen molar-refractivity contribution in [3.8, 4) is 0 Å². The Hall–Kier alpha value is -2.81. The Morgan fingerprint density at radius 1 is 0.543 bits per heavy atom. The highest BCUT2D eigenvalue weighted by Gasteiger charge is 2.52. The summed E-state index contributed by atoms with van der Waals surface area (Å²) in [5.74, 6) is -3.57. The maximum absolute atomic E-state index is 11.8. The van der Waals surface area contributed by atoms with Crippen LogP contribution in [0.25, 0.3) is 0 Å². The number of methoxy groups -OCH3 is 1. The highest BCUT2D eigenvalue weighted by atomic mass is 16.8. The zero-order chi connectivity index (χ0) is 26.3. The molecule has 0 N–H and O–H groups in total. The minimum absolute atomic E-state index is 0.202. The lowest BCUT2D eigenvalue weighted by atomic mass is 10.0. The first-order valence-electron chi connectivity index (χ1n) is 10.7. The SMILES string of the molecule is CO[C@H]1OC[C@H](O[C@H]2OC[C@H](OC(C)=O)[C@@H](OC(C)=O)[C@@H]2OC(C)=O)[C@@H](OC(C)=O)[C@@H]1OC(C)=O. The van der Waals surface area contributed by atoms with Gasteiger partial charge in [0.25, 0.3) is 0 Å². The third-order valence-electron chi connectivity index (χ3n) is 4.83. The second-order valence-electron chi connectivity index (χ2n) is 7.76. The Balaban J connectivity index is 2.35. The summed E-state index contributed by atoms with van der Waals surface area (Å²) in [4.78, 5) is 58.5. The molecule has 8 atom stereocenters. The zero-order valence-electron chi connectivity index (χ0n) is 20.2. The molecule has 2 fully saturated rings. The molecule has 2 aliphatic rings. The number of hydrogen-bond donors (Lipinski definition) is 0. The van der Waals surface area contributed by atoms with Crippen molar-refractivity contribution in [1.29, 1.82) is 0 Å². The number of ether oxygens (including phenoxy) is 9. The average molecular weight is 506 g/mol. The van der Waals surface area contributed by atoms with Crippen LogP contribution in [0.1, 0.15) is 34.6 Å². The topological polar surface area (TPSA) is 168 Å². The average Bonchev–Trinajstić information content (AvgIpc) is 2.72. The molecule has 0 radical (unpaired) electrons. The lowest BCUT2D eigenvalue weighted by Crippen LogP contribution is -2.62. The minimum atomic E-state index is -1.38. The lowest BCUT2D eigenvalue weighted by molar-refractivity contribution is -0.329. The summed E-state index contributed by atoms with van der Waals surface area (Å²) >= 11 is 0. The molecule has 0 aromatic rings. The largest absolute Gasteiger partial charge is 0.456 e. The number of hydrogen-bond acceptors (Lipinski definition) is 14. The van der Waals surface area contributed by atoms with Crippen LogP contribution in [0.3, 0.4) is 0 Å². The maximum Gasteiger partial charge on any atom is 0.303 e. The second kappa shape index (κ2) is 12.8. The van der Waals surface area contributed by atoms with Gasteiger partial charge in [-0.3, -0.25) is 24.0 Å². The lowest BCUT2D eigenvalue weighted by Gasteiger charge is -2.44. The monoisotopic (exact) mass is 506 g/mol. The van der Waals surface area contributed by atoms with Gasteiger partial charge in [0, 0.05) is 41.7 Å². The van der Waals surface area contributed by atoms with Crippen molar-refractivity contribution in [3.05, 3.63) is 0 Å². The molecule has 0 aromatic carbocycles. The first kappa shape index (κ1) is 28.4. The summed E-state index contributed by atoms with van der Waals surface area (Å²) in [5.41, 5.74) is 0. The molecule has 14 nitrogen and oxygen atoms in total. The van der Waals surface area contributed by atoms with Crippen molar-refractivity contribution in [2.75, 3.05) is 20.3 Å². The number of carbonyl (C=O) groups is 5. The molecule has 0 bridgehead atoms. The van der Waals surface area contributed by atoms with E-state index in [0.717, 1.165) is 34.6 Å². The quantitative estimate of drug-likeness (QED) is 0.302. The predicted octanol–water partition coefficient (Wildman–Crippen LogP) is -0.611.